The van der Waals surface area contributed by atoms with Gasteiger partial charge in [0, 0.05) is 11.6 Å². The molecule has 2 aromatic carbocycles. The van der Waals surface area contributed by atoms with Crippen molar-refractivity contribution in [3.8, 4) is 11.5 Å². The first-order chi connectivity index (χ1) is 10.9. The van der Waals surface area contributed by atoms with Gasteiger partial charge in [-0.1, -0.05) is 6.07 Å². The SMILES string of the molecule is N/N=C(/c1ccc([N+](=O)[O-])cc1[N+](=O)[O-])c1cccc(O)c1O. The summed E-state index contributed by atoms with van der Waals surface area (Å²) in [4.78, 5) is 20.3. The number of nitro benzene ring substituents is 2. The maximum Gasteiger partial charge on any atom is 0.285 e. The molecule has 0 unspecified atom stereocenters. The summed E-state index contributed by atoms with van der Waals surface area (Å²) in [5.74, 6) is 4.23. The third kappa shape index (κ3) is 2.85. The van der Waals surface area contributed by atoms with Gasteiger partial charge in [-0.2, -0.15) is 5.10 Å². The molecule has 0 saturated carbocycles. The predicted octanol–water partition coefficient (Wildman–Crippen LogP) is 1.63. The second-order valence-corrected chi connectivity index (χ2v) is 4.37. The normalized spacial score (nSPS) is 11.2. The molecule has 0 atom stereocenters. The highest BCUT2D eigenvalue weighted by Crippen LogP contribution is 2.33. The monoisotopic (exact) mass is 318 g/mol. The lowest BCUT2D eigenvalue weighted by Gasteiger charge is -2.09. The molecule has 10 nitrogen and oxygen atoms in total. The van der Waals surface area contributed by atoms with Gasteiger partial charge in [-0.25, -0.2) is 0 Å². The Kier molecular flexibility index (Phi) is 4.07. The first kappa shape index (κ1) is 15.7. The van der Waals surface area contributed by atoms with Crippen LogP contribution in [0.2, 0.25) is 0 Å². The maximum absolute atomic E-state index is 11.2. The van der Waals surface area contributed by atoms with E-state index in [2.05, 4.69) is 5.10 Å². The van der Waals surface area contributed by atoms with Gasteiger partial charge in [0.2, 0.25) is 0 Å². The van der Waals surface area contributed by atoms with E-state index in [1.807, 2.05) is 0 Å². The number of nitrogens with zero attached hydrogens (tertiary/aromatic N) is 3. The number of para-hydroxylation sites is 1. The molecule has 0 aromatic heterocycles. The Morgan fingerprint density at radius 1 is 1.04 bits per heavy atom. The highest BCUT2D eigenvalue weighted by molar-refractivity contribution is 6.16. The third-order valence-corrected chi connectivity index (χ3v) is 3.04. The number of nitrogens with two attached hydrogens (primary N) is 1. The minimum absolute atomic E-state index is 0.0514. The molecular formula is C13H10N4O6. The molecule has 0 aliphatic carbocycles. The fourth-order valence-electron chi connectivity index (χ4n) is 1.99. The molecule has 0 spiro atoms. The van der Waals surface area contributed by atoms with Gasteiger partial charge in [-0.15, -0.1) is 0 Å². The number of phenols is 2. The number of non-ortho nitro benzene ring substituents is 1. The van der Waals surface area contributed by atoms with Crippen molar-refractivity contribution in [2.45, 2.75) is 0 Å². The van der Waals surface area contributed by atoms with E-state index < -0.39 is 32.7 Å². The van der Waals surface area contributed by atoms with Crippen LogP contribution < -0.4 is 5.84 Å². The molecule has 0 fully saturated rings. The first-order valence-electron chi connectivity index (χ1n) is 6.09. The van der Waals surface area contributed by atoms with Gasteiger partial charge < -0.3 is 16.1 Å². The quantitative estimate of drug-likeness (QED) is 0.253. The average Bonchev–Trinajstić information content (AvgIpc) is 2.52. The van der Waals surface area contributed by atoms with Gasteiger partial charge in [0.1, 0.15) is 5.71 Å². The van der Waals surface area contributed by atoms with E-state index in [0.717, 1.165) is 18.2 Å². The Labute approximate surface area is 128 Å². The van der Waals surface area contributed by atoms with Crippen LogP contribution in [0, 0.1) is 20.2 Å². The lowest BCUT2D eigenvalue weighted by molar-refractivity contribution is -0.394. The number of hydrogen-bond acceptors (Lipinski definition) is 8. The number of phenolic OH excluding ortho intramolecular Hbond substituents is 2. The second kappa shape index (κ2) is 5.97. The molecule has 118 valence electrons. The summed E-state index contributed by atoms with van der Waals surface area (Å²) in [6.07, 6.45) is 0. The molecule has 0 saturated heterocycles. The molecule has 10 heteroatoms. The number of rotatable bonds is 4. The van der Waals surface area contributed by atoms with E-state index in [4.69, 9.17) is 5.84 Å². The third-order valence-electron chi connectivity index (χ3n) is 3.04. The van der Waals surface area contributed by atoms with Crippen molar-refractivity contribution in [1.82, 2.24) is 0 Å². The zero-order chi connectivity index (χ0) is 17.1. The molecule has 0 amide bonds. The van der Waals surface area contributed by atoms with E-state index in [1.165, 1.54) is 18.2 Å². The summed E-state index contributed by atoms with van der Waals surface area (Å²) in [5, 5.41) is 44.7. The van der Waals surface area contributed by atoms with Gasteiger partial charge >= 0.3 is 0 Å². The summed E-state index contributed by atoms with van der Waals surface area (Å²) < 4.78 is 0. The van der Waals surface area contributed by atoms with Crippen LogP contribution in [0.15, 0.2) is 41.5 Å². The predicted molar refractivity (Wildman–Crippen MR) is 79.3 cm³/mol. The standard InChI is InChI=1S/C13H10N4O6/c14-15-12(9-2-1-3-11(18)13(9)19)8-5-4-7(16(20)21)6-10(8)17(22)23/h1-6,18-19H,14H2/b15-12-. The largest absolute Gasteiger partial charge is 0.504 e. The van der Waals surface area contributed by atoms with Crippen molar-refractivity contribution >= 4 is 17.1 Å². The zero-order valence-corrected chi connectivity index (χ0v) is 11.4. The Morgan fingerprint density at radius 3 is 2.30 bits per heavy atom. The van der Waals surface area contributed by atoms with Crippen LogP contribution in [0.25, 0.3) is 0 Å². The van der Waals surface area contributed by atoms with Crippen LogP contribution >= 0.6 is 0 Å². The van der Waals surface area contributed by atoms with E-state index in [9.17, 15) is 30.4 Å². The number of benzene rings is 2. The Bertz CT molecular complexity index is 833. The van der Waals surface area contributed by atoms with Crippen LogP contribution in [-0.2, 0) is 0 Å². The van der Waals surface area contributed by atoms with Crippen molar-refractivity contribution < 1.29 is 20.1 Å². The lowest BCUT2D eigenvalue weighted by atomic mass is 9.99. The number of aromatic hydroxyl groups is 2. The van der Waals surface area contributed by atoms with Crippen LogP contribution in [-0.4, -0.2) is 25.8 Å². The smallest absolute Gasteiger partial charge is 0.285 e. The highest BCUT2D eigenvalue weighted by Gasteiger charge is 2.25. The van der Waals surface area contributed by atoms with E-state index in [-0.39, 0.29) is 16.8 Å². The van der Waals surface area contributed by atoms with Gasteiger partial charge in [0.25, 0.3) is 11.4 Å². The Balaban J connectivity index is 2.70. The zero-order valence-electron chi connectivity index (χ0n) is 11.4. The fourth-order valence-corrected chi connectivity index (χ4v) is 1.99. The van der Waals surface area contributed by atoms with Crippen molar-refractivity contribution in [3.63, 3.8) is 0 Å². The molecule has 23 heavy (non-hydrogen) atoms. The number of nitro groups is 2. The summed E-state index contributed by atoms with van der Waals surface area (Å²) in [5.41, 5.74) is -1.46. The van der Waals surface area contributed by atoms with Crippen LogP contribution in [0.1, 0.15) is 11.1 Å². The molecule has 4 N–H and O–H groups in total. The molecular weight excluding hydrogens is 308 g/mol. The van der Waals surface area contributed by atoms with Crippen molar-refractivity contribution in [1.29, 1.82) is 0 Å². The van der Waals surface area contributed by atoms with E-state index in [1.54, 1.807) is 0 Å². The summed E-state index contributed by atoms with van der Waals surface area (Å²) in [7, 11) is 0. The molecule has 0 heterocycles. The number of hydrazone groups is 1. The number of hydrogen-bond donors (Lipinski definition) is 3. The van der Waals surface area contributed by atoms with Gasteiger partial charge in [0.05, 0.1) is 21.5 Å². The average molecular weight is 318 g/mol. The minimum atomic E-state index is -0.826. The van der Waals surface area contributed by atoms with Crippen molar-refractivity contribution in [2.75, 3.05) is 0 Å². The van der Waals surface area contributed by atoms with Crippen molar-refractivity contribution in [2.24, 2.45) is 10.9 Å². The molecule has 0 radical (unpaired) electrons. The summed E-state index contributed by atoms with van der Waals surface area (Å²) in [6.45, 7) is 0. The molecule has 2 rings (SSSR count). The Morgan fingerprint density at radius 2 is 1.74 bits per heavy atom. The molecule has 0 bridgehead atoms. The summed E-state index contributed by atoms with van der Waals surface area (Å²) >= 11 is 0. The van der Waals surface area contributed by atoms with E-state index >= 15 is 0 Å². The second-order valence-electron chi connectivity index (χ2n) is 4.37. The Hall–Kier alpha value is -3.69. The van der Waals surface area contributed by atoms with Crippen molar-refractivity contribution in [3.05, 3.63) is 67.8 Å². The van der Waals surface area contributed by atoms with E-state index in [0.29, 0.717) is 0 Å². The molecule has 2 aromatic rings. The van der Waals surface area contributed by atoms with Gasteiger partial charge in [0.15, 0.2) is 11.5 Å². The summed E-state index contributed by atoms with van der Waals surface area (Å²) in [6, 6.07) is 6.84. The first-order valence-corrected chi connectivity index (χ1v) is 6.09. The molecule has 0 aliphatic rings. The lowest BCUT2D eigenvalue weighted by Crippen LogP contribution is -2.10. The highest BCUT2D eigenvalue weighted by atomic mass is 16.6. The van der Waals surface area contributed by atoms with Gasteiger partial charge in [-0.3, -0.25) is 20.2 Å². The van der Waals surface area contributed by atoms with Crippen LogP contribution in [0.3, 0.4) is 0 Å². The molecule has 0 aliphatic heterocycles. The topological polar surface area (TPSA) is 165 Å². The minimum Gasteiger partial charge on any atom is -0.504 e. The van der Waals surface area contributed by atoms with Crippen LogP contribution in [0.4, 0.5) is 11.4 Å². The van der Waals surface area contributed by atoms with Gasteiger partial charge in [-0.05, 0) is 18.2 Å². The maximum atomic E-state index is 11.2. The fraction of sp³-hybridized carbons (Fsp3) is 0. The van der Waals surface area contributed by atoms with Crippen LogP contribution in [0.5, 0.6) is 11.5 Å².